The first-order valence-electron chi connectivity index (χ1n) is 8.01. The molecule has 2 aromatic rings. The number of hydrogen-bond donors (Lipinski definition) is 1. The summed E-state index contributed by atoms with van der Waals surface area (Å²) in [6.45, 7) is 1.74. The zero-order chi connectivity index (χ0) is 17.2. The molecule has 128 valence electrons. The molecule has 0 radical (unpaired) electrons. The number of nitrogens with one attached hydrogen (secondary N) is 1. The maximum Gasteiger partial charge on any atom is 0.240 e. The van der Waals surface area contributed by atoms with Crippen LogP contribution in [0.5, 0.6) is 0 Å². The Morgan fingerprint density at radius 1 is 1.12 bits per heavy atom. The van der Waals surface area contributed by atoms with Crippen LogP contribution < -0.4 is 4.72 Å². The van der Waals surface area contributed by atoms with Crippen molar-refractivity contribution in [1.82, 2.24) is 9.62 Å². The van der Waals surface area contributed by atoms with Crippen molar-refractivity contribution in [3.8, 4) is 0 Å². The van der Waals surface area contributed by atoms with E-state index in [-0.39, 0.29) is 16.8 Å². The van der Waals surface area contributed by atoms with Crippen molar-refractivity contribution >= 4 is 10.0 Å². The molecule has 0 bridgehead atoms. The minimum atomic E-state index is -3.40. The molecule has 1 aliphatic heterocycles. The molecule has 1 heterocycles. The Labute approximate surface area is 142 Å². The lowest BCUT2D eigenvalue weighted by Crippen LogP contribution is -2.23. The molecule has 24 heavy (non-hydrogen) atoms. The fourth-order valence-corrected chi connectivity index (χ4v) is 3.93. The number of sulfonamides is 1. The number of likely N-dealkylation sites (tertiary alicyclic amines) is 1. The Hall–Kier alpha value is -1.76. The second kappa shape index (κ2) is 7.01. The van der Waals surface area contributed by atoms with Gasteiger partial charge >= 0.3 is 0 Å². The van der Waals surface area contributed by atoms with Crippen LogP contribution in [0, 0.1) is 5.82 Å². The minimum absolute atomic E-state index is 0.218. The predicted molar refractivity (Wildman–Crippen MR) is 91.5 cm³/mol. The fourth-order valence-electron chi connectivity index (χ4n) is 3.20. The summed E-state index contributed by atoms with van der Waals surface area (Å²) in [6, 6.07) is 13.9. The molecule has 2 aromatic carbocycles. The third-order valence-corrected chi connectivity index (χ3v) is 5.94. The van der Waals surface area contributed by atoms with E-state index in [1.165, 1.54) is 19.2 Å². The summed E-state index contributed by atoms with van der Waals surface area (Å²) >= 11 is 0. The van der Waals surface area contributed by atoms with E-state index in [2.05, 4.69) is 9.62 Å². The van der Waals surface area contributed by atoms with Crippen LogP contribution in [0.2, 0.25) is 0 Å². The molecular weight excluding hydrogens is 327 g/mol. The lowest BCUT2D eigenvalue weighted by molar-refractivity contribution is 0.248. The Morgan fingerprint density at radius 3 is 2.42 bits per heavy atom. The van der Waals surface area contributed by atoms with Gasteiger partial charge in [-0.15, -0.1) is 0 Å². The molecule has 3 rings (SSSR count). The summed E-state index contributed by atoms with van der Waals surface area (Å²) in [7, 11) is -2.00. The van der Waals surface area contributed by atoms with Gasteiger partial charge in [0.05, 0.1) is 4.90 Å². The summed E-state index contributed by atoms with van der Waals surface area (Å²) in [4.78, 5) is 2.62. The van der Waals surface area contributed by atoms with E-state index in [4.69, 9.17) is 0 Å². The third kappa shape index (κ3) is 3.66. The summed E-state index contributed by atoms with van der Waals surface area (Å²) in [5, 5.41) is 0. The molecule has 0 saturated carbocycles. The maximum atomic E-state index is 13.1. The van der Waals surface area contributed by atoms with Gasteiger partial charge in [0.15, 0.2) is 0 Å². The van der Waals surface area contributed by atoms with Crippen molar-refractivity contribution in [2.75, 3.05) is 13.6 Å². The van der Waals surface area contributed by atoms with E-state index >= 15 is 0 Å². The summed E-state index contributed by atoms with van der Waals surface area (Å²) < 4.78 is 39.0. The molecule has 0 spiro atoms. The number of halogens is 1. The lowest BCUT2D eigenvalue weighted by Gasteiger charge is -2.25. The van der Waals surface area contributed by atoms with Crippen LogP contribution in [0.3, 0.4) is 0 Å². The van der Waals surface area contributed by atoms with Gasteiger partial charge in [-0.2, -0.15) is 0 Å². The predicted octanol–water partition coefficient (Wildman–Crippen LogP) is 3.07. The third-order valence-electron chi connectivity index (χ3n) is 4.51. The normalized spacial score (nSPS) is 18.8. The Balaban J connectivity index is 1.74. The van der Waals surface area contributed by atoms with Crippen molar-refractivity contribution in [3.05, 3.63) is 65.5 Å². The highest BCUT2D eigenvalue weighted by Crippen LogP contribution is 2.33. The largest absolute Gasteiger partial charge is 0.292 e. The van der Waals surface area contributed by atoms with Gasteiger partial charge in [0.2, 0.25) is 10.0 Å². The SMILES string of the molecule is CNS(=O)(=O)c1ccc(CN2CCC[C@@H]2c2ccc(F)cc2)cc1. The van der Waals surface area contributed by atoms with Gasteiger partial charge in [-0.05, 0) is 61.8 Å². The molecule has 0 unspecified atom stereocenters. The van der Waals surface area contributed by atoms with Crippen molar-refractivity contribution in [1.29, 1.82) is 0 Å². The zero-order valence-electron chi connectivity index (χ0n) is 13.6. The molecule has 0 amide bonds. The van der Waals surface area contributed by atoms with Crippen LogP contribution in [-0.4, -0.2) is 26.9 Å². The van der Waals surface area contributed by atoms with E-state index < -0.39 is 10.0 Å². The van der Waals surface area contributed by atoms with Crippen LogP contribution in [0.4, 0.5) is 4.39 Å². The number of benzene rings is 2. The molecule has 4 nitrogen and oxygen atoms in total. The molecule has 0 aromatic heterocycles. The first-order chi connectivity index (χ1) is 11.5. The van der Waals surface area contributed by atoms with Crippen molar-refractivity contribution in [2.45, 2.75) is 30.3 Å². The smallest absolute Gasteiger partial charge is 0.240 e. The monoisotopic (exact) mass is 348 g/mol. The fraction of sp³-hybridized carbons (Fsp3) is 0.333. The van der Waals surface area contributed by atoms with Crippen LogP contribution >= 0.6 is 0 Å². The van der Waals surface area contributed by atoms with E-state index in [0.29, 0.717) is 0 Å². The Bertz CT molecular complexity index is 789. The molecule has 1 saturated heterocycles. The van der Waals surface area contributed by atoms with Gasteiger partial charge in [0.25, 0.3) is 0 Å². The van der Waals surface area contributed by atoms with Crippen LogP contribution in [0.15, 0.2) is 53.4 Å². The lowest BCUT2D eigenvalue weighted by atomic mass is 10.0. The van der Waals surface area contributed by atoms with Crippen molar-refractivity contribution in [2.24, 2.45) is 0 Å². The average Bonchev–Trinajstić information content (AvgIpc) is 3.04. The summed E-state index contributed by atoms with van der Waals surface area (Å²) in [5.74, 6) is -0.218. The molecule has 0 aliphatic carbocycles. The van der Waals surface area contributed by atoms with E-state index in [1.807, 2.05) is 24.3 Å². The average molecular weight is 348 g/mol. The highest BCUT2D eigenvalue weighted by molar-refractivity contribution is 7.89. The van der Waals surface area contributed by atoms with Crippen molar-refractivity contribution in [3.63, 3.8) is 0 Å². The van der Waals surface area contributed by atoms with Gasteiger partial charge in [-0.3, -0.25) is 4.90 Å². The van der Waals surface area contributed by atoms with Gasteiger partial charge in [-0.1, -0.05) is 24.3 Å². The van der Waals surface area contributed by atoms with Crippen LogP contribution in [0.1, 0.15) is 30.0 Å². The maximum absolute atomic E-state index is 13.1. The van der Waals surface area contributed by atoms with E-state index in [0.717, 1.165) is 37.1 Å². The number of nitrogens with zero attached hydrogens (tertiary/aromatic N) is 1. The van der Waals surface area contributed by atoms with E-state index in [1.54, 1.807) is 12.1 Å². The molecule has 1 aliphatic rings. The van der Waals surface area contributed by atoms with Gasteiger partial charge in [-0.25, -0.2) is 17.5 Å². The minimum Gasteiger partial charge on any atom is -0.292 e. The topological polar surface area (TPSA) is 49.4 Å². The second-order valence-corrected chi connectivity index (χ2v) is 7.92. The number of rotatable bonds is 5. The second-order valence-electron chi connectivity index (χ2n) is 6.03. The highest BCUT2D eigenvalue weighted by atomic mass is 32.2. The first-order valence-corrected chi connectivity index (χ1v) is 9.50. The van der Waals surface area contributed by atoms with Gasteiger partial charge in [0.1, 0.15) is 5.82 Å². The van der Waals surface area contributed by atoms with Crippen LogP contribution in [-0.2, 0) is 16.6 Å². The molecule has 6 heteroatoms. The molecule has 1 N–H and O–H groups in total. The summed E-state index contributed by atoms with van der Waals surface area (Å²) in [5.41, 5.74) is 2.20. The quantitative estimate of drug-likeness (QED) is 0.903. The Kier molecular flexibility index (Phi) is 4.99. The van der Waals surface area contributed by atoms with Gasteiger partial charge < -0.3 is 0 Å². The van der Waals surface area contributed by atoms with Gasteiger partial charge in [0, 0.05) is 12.6 Å². The number of hydrogen-bond acceptors (Lipinski definition) is 3. The molecule has 1 atom stereocenters. The standard InChI is InChI=1S/C18H21FN2O2S/c1-20-24(22,23)17-10-4-14(5-11-17)13-21-12-2-3-18(21)15-6-8-16(19)9-7-15/h4-11,18,20H,2-3,12-13H2,1H3/t18-/m1/s1. The summed E-state index contributed by atoms with van der Waals surface area (Å²) in [6.07, 6.45) is 2.16. The van der Waals surface area contributed by atoms with Crippen LogP contribution in [0.25, 0.3) is 0 Å². The zero-order valence-corrected chi connectivity index (χ0v) is 14.4. The first kappa shape index (κ1) is 17.1. The van der Waals surface area contributed by atoms with E-state index in [9.17, 15) is 12.8 Å². The highest BCUT2D eigenvalue weighted by Gasteiger charge is 2.26. The molecule has 1 fully saturated rings. The van der Waals surface area contributed by atoms with Crippen molar-refractivity contribution < 1.29 is 12.8 Å². The molecular formula is C18H21FN2O2S. The Morgan fingerprint density at radius 2 is 1.79 bits per heavy atom.